The number of hydrogen-bond acceptors (Lipinski definition) is 5. The highest BCUT2D eigenvalue weighted by Gasteiger charge is 2.18. The van der Waals surface area contributed by atoms with Gasteiger partial charge in [-0.2, -0.15) is 0 Å². The third-order valence-corrected chi connectivity index (χ3v) is 3.06. The SMILES string of the molecule is CCOc1ccc(OC)cc1NC(C)c1cc(C(F)F)on1. The highest BCUT2D eigenvalue weighted by atomic mass is 19.3. The molecular weight excluding hydrogens is 294 g/mol. The molecule has 0 aliphatic carbocycles. The smallest absolute Gasteiger partial charge is 0.298 e. The highest BCUT2D eigenvalue weighted by molar-refractivity contribution is 5.60. The van der Waals surface area contributed by atoms with Crippen LogP contribution in [0.3, 0.4) is 0 Å². The van der Waals surface area contributed by atoms with E-state index in [1.54, 1.807) is 32.2 Å². The van der Waals surface area contributed by atoms with Crippen molar-refractivity contribution in [2.75, 3.05) is 19.0 Å². The van der Waals surface area contributed by atoms with E-state index in [4.69, 9.17) is 9.47 Å². The summed E-state index contributed by atoms with van der Waals surface area (Å²) in [6, 6.07) is 6.25. The van der Waals surface area contributed by atoms with Crippen LogP contribution in [-0.4, -0.2) is 18.9 Å². The van der Waals surface area contributed by atoms with E-state index >= 15 is 0 Å². The van der Waals surface area contributed by atoms with Gasteiger partial charge in [-0.15, -0.1) is 0 Å². The number of alkyl halides is 2. The number of ether oxygens (including phenoxy) is 2. The lowest BCUT2D eigenvalue weighted by Crippen LogP contribution is -2.08. The predicted molar refractivity (Wildman–Crippen MR) is 77.7 cm³/mol. The van der Waals surface area contributed by atoms with Gasteiger partial charge in [-0.1, -0.05) is 5.16 Å². The molecule has 120 valence electrons. The Balaban J connectivity index is 2.20. The zero-order valence-corrected chi connectivity index (χ0v) is 12.6. The lowest BCUT2D eigenvalue weighted by Gasteiger charge is -2.17. The molecular formula is C15H18F2N2O3. The number of nitrogens with zero attached hydrogens (tertiary/aromatic N) is 1. The molecule has 2 aromatic rings. The van der Waals surface area contributed by atoms with Gasteiger partial charge in [0.15, 0.2) is 0 Å². The number of methoxy groups -OCH3 is 1. The third-order valence-electron chi connectivity index (χ3n) is 3.06. The number of nitrogens with one attached hydrogen (secondary N) is 1. The van der Waals surface area contributed by atoms with Crippen LogP contribution in [0.5, 0.6) is 11.5 Å². The number of halogens is 2. The standard InChI is InChI=1S/C15H18F2N2O3/c1-4-21-13-6-5-10(20-3)7-12(13)18-9(2)11-8-14(15(16)17)22-19-11/h5-9,15,18H,4H2,1-3H3. The summed E-state index contributed by atoms with van der Waals surface area (Å²) in [5, 5.41) is 6.83. The maximum atomic E-state index is 12.5. The van der Waals surface area contributed by atoms with Crippen LogP contribution in [0.2, 0.25) is 0 Å². The first-order chi connectivity index (χ1) is 10.5. The largest absolute Gasteiger partial charge is 0.497 e. The molecule has 0 radical (unpaired) electrons. The zero-order valence-electron chi connectivity index (χ0n) is 12.6. The van der Waals surface area contributed by atoms with Crippen molar-refractivity contribution in [2.45, 2.75) is 26.3 Å². The molecule has 1 aromatic carbocycles. The summed E-state index contributed by atoms with van der Waals surface area (Å²) in [4.78, 5) is 0. The van der Waals surface area contributed by atoms with E-state index in [9.17, 15) is 8.78 Å². The summed E-state index contributed by atoms with van der Waals surface area (Å²) in [7, 11) is 1.56. The Morgan fingerprint density at radius 3 is 2.68 bits per heavy atom. The summed E-state index contributed by atoms with van der Waals surface area (Å²) in [6.45, 7) is 4.18. The molecule has 22 heavy (non-hydrogen) atoms. The van der Waals surface area contributed by atoms with Gasteiger partial charge in [0.1, 0.15) is 17.2 Å². The van der Waals surface area contributed by atoms with Crippen LogP contribution in [0.4, 0.5) is 14.5 Å². The summed E-state index contributed by atoms with van der Waals surface area (Å²) in [5.74, 6) is 0.860. The van der Waals surface area contributed by atoms with Gasteiger partial charge in [-0.25, -0.2) is 8.78 Å². The maximum absolute atomic E-state index is 12.5. The van der Waals surface area contributed by atoms with Crippen molar-refractivity contribution in [2.24, 2.45) is 0 Å². The second kappa shape index (κ2) is 7.11. The molecule has 0 saturated carbocycles. The van der Waals surface area contributed by atoms with Gasteiger partial charge in [0, 0.05) is 12.1 Å². The maximum Gasteiger partial charge on any atom is 0.298 e. The number of rotatable bonds is 7. The van der Waals surface area contributed by atoms with Gasteiger partial charge in [0.25, 0.3) is 6.43 Å². The van der Waals surface area contributed by atoms with Gasteiger partial charge in [-0.05, 0) is 26.0 Å². The van der Waals surface area contributed by atoms with E-state index < -0.39 is 12.2 Å². The molecule has 5 nitrogen and oxygen atoms in total. The van der Waals surface area contributed by atoms with E-state index in [2.05, 4.69) is 15.0 Å². The lowest BCUT2D eigenvalue weighted by molar-refractivity contribution is 0.112. The Bertz CT molecular complexity index is 617. The first-order valence-corrected chi connectivity index (χ1v) is 6.87. The predicted octanol–water partition coefficient (Wildman–Crippen LogP) is 4.19. The van der Waals surface area contributed by atoms with E-state index in [1.807, 2.05) is 6.92 Å². The van der Waals surface area contributed by atoms with Crippen molar-refractivity contribution in [3.8, 4) is 11.5 Å². The van der Waals surface area contributed by atoms with Crippen LogP contribution in [0.25, 0.3) is 0 Å². The molecule has 0 aliphatic heterocycles. The third kappa shape index (κ3) is 3.66. The second-order valence-electron chi connectivity index (χ2n) is 4.62. The molecule has 0 spiro atoms. The molecule has 1 aromatic heterocycles. The highest BCUT2D eigenvalue weighted by Crippen LogP contribution is 2.32. The Labute approximate surface area is 127 Å². The molecule has 1 heterocycles. The number of hydrogen-bond donors (Lipinski definition) is 1. The van der Waals surface area contributed by atoms with Crippen LogP contribution in [-0.2, 0) is 0 Å². The quantitative estimate of drug-likeness (QED) is 0.830. The van der Waals surface area contributed by atoms with Crippen molar-refractivity contribution in [3.63, 3.8) is 0 Å². The molecule has 1 N–H and O–H groups in total. The monoisotopic (exact) mass is 312 g/mol. The molecule has 7 heteroatoms. The lowest BCUT2D eigenvalue weighted by atomic mass is 10.2. The van der Waals surface area contributed by atoms with Crippen LogP contribution in [0, 0.1) is 0 Å². The summed E-state index contributed by atoms with van der Waals surface area (Å²) >= 11 is 0. The minimum atomic E-state index is -2.68. The average Bonchev–Trinajstić information content (AvgIpc) is 2.99. The van der Waals surface area contributed by atoms with E-state index in [0.717, 1.165) is 0 Å². The molecule has 0 aliphatic rings. The van der Waals surface area contributed by atoms with Crippen molar-refractivity contribution >= 4 is 5.69 Å². The van der Waals surface area contributed by atoms with E-state index in [-0.39, 0.29) is 6.04 Å². The summed E-state index contributed by atoms with van der Waals surface area (Å²) in [5.41, 5.74) is 1.08. The molecule has 0 amide bonds. The molecule has 0 saturated heterocycles. The van der Waals surface area contributed by atoms with Crippen molar-refractivity contribution < 1.29 is 22.8 Å². The zero-order chi connectivity index (χ0) is 16.1. The van der Waals surface area contributed by atoms with E-state index in [0.29, 0.717) is 29.5 Å². The van der Waals surface area contributed by atoms with Gasteiger partial charge in [0.2, 0.25) is 5.76 Å². The fourth-order valence-electron chi connectivity index (χ4n) is 1.95. The van der Waals surface area contributed by atoms with Gasteiger partial charge < -0.3 is 19.3 Å². The number of benzene rings is 1. The fraction of sp³-hybridized carbons (Fsp3) is 0.400. The van der Waals surface area contributed by atoms with Gasteiger partial charge in [0.05, 0.1) is 25.4 Å². The Morgan fingerprint density at radius 2 is 2.09 bits per heavy atom. The minimum absolute atomic E-state index is 0.331. The van der Waals surface area contributed by atoms with E-state index in [1.165, 1.54) is 6.07 Å². The van der Waals surface area contributed by atoms with Crippen molar-refractivity contribution in [1.82, 2.24) is 5.16 Å². The number of aromatic nitrogens is 1. The summed E-state index contributed by atoms with van der Waals surface area (Å²) < 4.78 is 40.4. The Morgan fingerprint density at radius 1 is 1.32 bits per heavy atom. The Kier molecular flexibility index (Phi) is 5.19. The van der Waals surface area contributed by atoms with Crippen LogP contribution < -0.4 is 14.8 Å². The minimum Gasteiger partial charge on any atom is -0.497 e. The molecule has 1 unspecified atom stereocenters. The molecule has 1 atom stereocenters. The Hall–Kier alpha value is -2.31. The van der Waals surface area contributed by atoms with Gasteiger partial charge in [-0.3, -0.25) is 0 Å². The molecule has 2 rings (SSSR count). The molecule has 0 bridgehead atoms. The topological polar surface area (TPSA) is 56.5 Å². The number of anilines is 1. The second-order valence-corrected chi connectivity index (χ2v) is 4.62. The van der Waals surface area contributed by atoms with Crippen LogP contribution in [0.1, 0.15) is 37.8 Å². The fourth-order valence-corrected chi connectivity index (χ4v) is 1.95. The average molecular weight is 312 g/mol. The first-order valence-electron chi connectivity index (χ1n) is 6.87. The first kappa shape index (κ1) is 16.1. The normalized spacial score (nSPS) is 12.3. The van der Waals surface area contributed by atoms with Crippen LogP contribution in [0.15, 0.2) is 28.8 Å². The molecule has 0 fully saturated rings. The van der Waals surface area contributed by atoms with Crippen LogP contribution >= 0.6 is 0 Å². The summed E-state index contributed by atoms with van der Waals surface area (Å²) in [6.07, 6.45) is -2.68. The van der Waals surface area contributed by atoms with Crippen molar-refractivity contribution in [1.29, 1.82) is 0 Å². The van der Waals surface area contributed by atoms with Gasteiger partial charge >= 0.3 is 0 Å². The van der Waals surface area contributed by atoms with Crippen molar-refractivity contribution in [3.05, 3.63) is 35.7 Å².